The molecule has 2 N–H and O–H groups in total. The van der Waals surface area contributed by atoms with Gasteiger partial charge in [0.05, 0.1) is 0 Å². The molecule has 0 bridgehead atoms. The van der Waals surface area contributed by atoms with Gasteiger partial charge in [-0.3, -0.25) is 5.10 Å². The molecule has 1 rings (SSSR count). The van der Waals surface area contributed by atoms with Crippen molar-refractivity contribution in [2.24, 2.45) is 0 Å². The number of aromatic amines is 1. The second kappa shape index (κ2) is 3.45. The first-order valence-corrected chi connectivity index (χ1v) is 2.03. The largest absolute Gasteiger partial charge is 0.477 e. The predicted molar refractivity (Wildman–Crippen MR) is 25.5 cm³/mol. The van der Waals surface area contributed by atoms with E-state index in [1.165, 1.54) is 12.3 Å². The molecule has 1 heterocycles. The number of nitrogens with one attached hydrogen (secondary N) is 1. The molecule has 0 aliphatic rings. The van der Waals surface area contributed by atoms with Gasteiger partial charge in [0.15, 0.2) is 0 Å². The SMILES string of the molecule is O=C(O)c1ccn[nH]1.[Ag]. The van der Waals surface area contributed by atoms with Crippen LogP contribution in [0.3, 0.4) is 0 Å². The molecule has 0 unspecified atom stereocenters. The zero-order valence-electron chi connectivity index (χ0n) is 4.26. The van der Waals surface area contributed by atoms with E-state index in [1.54, 1.807) is 0 Å². The second-order valence-electron chi connectivity index (χ2n) is 1.28. The van der Waals surface area contributed by atoms with Gasteiger partial charge in [-0.25, -0.2) is 4.79 Å². The van der Waals surface area contributed by atoms with E-state index in [2.05, 4.69) is 10.2 Å². The summed E-state index contributed by atoms with van der Waals surface area (Å²) < 4.78 is 0. The summed E-state index contributed by atoms with van der Waals surface area (Å²) in [6.07, 6.45) is 1.39. The fourth-order valence-electron chi connectivity index (χ4n) is 0.375. The van der Waals surface area contributed by atoms with E-state index in [4.69, 9.17) is 5.11 Å². The first-order chi connectivity index (χ1) is 3.80. The number of aromatic carboxylic acids is 1. The van der Waals surface area contributed by atoms with Crippen LogP contribution in [0.1, 0.15) is 10.5 Å². The van der Waals surface area contributed by atoms with Gasteiger partial charge in [0.25, 0.3) is 0 Å². The molecule has 0 saturated heterocycles. The molecular weight excluding hydrogens is 216 g/mol. The summed E-state index contributed by atoms with van der Waals surface area (Å²) in [5.74, 6) is -0.984. The molecule has 1 radical (unpaired) electrons. The van der Waals surface area contributed by atoms with E-state index in [0.717, 1.165) is 0 Å². The van der Waals surface area contributed by atoms with Gasteiger partial charge in [-0.15, -0.1) is 0 Å². The Bertz CT molecular complexity index is 184. The minimum atomic E-state index is -0.984. The molecule has 5 heteroatoms. The van der Waals surface area contributed by atoms with Crippen molar-refractivity contribution in [1.82, 2.24) is 10.2 Å². The molecule has 0 saturated carbocycles. The Kier molecular flexibility index (Phi) is 3.22. The van der Waals surface area contributed by atoms with Crippen molar-refractivity contribution >= 4 is 5.97 Å². The van der Waals surface area contributed by atoms with Crippen molar-refractivity contribution in [2.75, 3.05) is 0 Å². The van der Waals surface area contributed by atoms with Crippen LogP contribution >= 0.6 is 0 Å². The predicted octanol–water partition coefficient (Wildman–Crippen LogP) is 0.105. The maximum absolute atomic E-state index is 9.99. The van der Waals surface area contributed by atoms with Crippen molar-refractivity contribution in [3.63, 3.8) is 0 Å². The van der Waals surface area contributed by atoms with Crippen molar-refractivity contribution in [3.05, 3.63) is 18.0 Å². The third-order valence-electron chi connectivity index (χ3n) is 0.731. The van der Waals surface area contributed by atoms with Gasteiger partial charge in [0, 0.05) is 28.6 Å². The van der Waals surface area contributed by atoms with Crippen molar-refractivity contribution in [1.29, 1.82) is 0 Å². The Labute approximate surface area is 66.8 Å². The Balaban J connectivity index is 0.000000640. The van der Waals surface area contributed by atoms with Crippen LogP contribution in [0.25, 0.3) is 0 Å². The fourth-order valence-corrected chi connectivity index (χ4v) is 0.375. The maximum atomic E-state index is 9.99. The number of carbonyl (C=O) groups is 1. The topological polar surface area (TPSA) is 66.0 Å². The second-order valence-corrected chi connectivity index (χ2v) is 1.28. The fraction of sp³-hybridized carbons (Fsp3) is 0. The number of H-pyrrole nitrogens is 1. The normalized spacial score (nSPS) is 8.00. The molecule has 53 valence electrons. The van der Waals surface area contributed by atoms with Crippen LogP contribution in [0.15, 0.2) is 12.3 Å². The average Bonchev–Trinajstić information content (AvgIpc) is 2.12. The van der Waals surface area contributed by atoms with Crippen LogP contribution in [-0.4, -0.2) is 21.3 Å². The van der Waals surface area contributed by atoms with Gasteiger partial charge in [-0.2, -0.15) is 5.10 Å². The number of hydrogen-bond acceptors (Lipinski definition) is 2. The summed E-state index contributed by atoms with van der Waals surface area (Å²) in [5, 5.41) is 13.9. The van der Waals surface area contributed by atoms with Crippen molar-refractivity contribution in [3.8, 4) is 0 Å². The molecule has 1 aromatic heterocycles. The number of aromatic nitrogens is 2. The maximum Gasteiger partial charge on any atom is 0.353 e. The van der Waals surface area contributed by atoms with E-state index in [0.29, 0.717) is 0 Å². The summed E-state index contributed by atoms with van der Waals surface area (Å²) in [6, 6.07) is 1.39. The molecule has 9 heavy (non-hydrogen) atoms. The minimum Gasteiger partial charge on any atom is -0.477 e. The van der Waals surface area contributed by atoms with E-state index in [1.807, 2.05) is 0 Å². The third kappa shape index (κ3) is 2.01. The minimum absolute atomic E-state index is 0. The van der Waals surface area contributed by atoms with E-state index in [9.17, 15) is 4.79 Å². The number of hydrogen-bond donors (Lipinski definition) is 2. The summed E-state index contributed by atoms with van der Waals surface area (Å²) in [5.41, 5.74) is 0.116. The first kappa shape index (κ1) is 8.42. The van der Waals surface area contributed by atoms with Crippen LogP contribution in [0.5, 0.6) is 0 Å². The van der Waals surface area contributed by atoms with Crippen molar-refractivity contribution in [2.45, 2.75) is 0 Å². The molecule has 0 fully saturated rings. The molecule has 4 nitrogen and oxygen atoms in total. The van der Waals surface area contributed by atoms with E-state index in [-0.39, 0.29) is 28.1 Å². The summed E-state index contributed by atoms with van der Waals surface area (Å²) >= 11 is 0. The van der Waals surface area contributed by atoms with Gasteiger partial charge in [-0.05, 0) is 6.07 Å². The smallest absolute Gasteiger partial charge is 0.353 e. The standard InChI is InChI=1S/C4H4N2O2.Ag/c7-4(8)3-1-2-5-6-3;/h1-2H,(H,5,6)(H,7,8);. The number of carboxylic acid groups (broad SMARTS) is 1. The third-order valence-corrected chi connectivity index (χ3v) is 0.731. The van der Waals surface area contributed by atoms with Crippen LogP contribution < -0.4 is 0 Å². The van der Waals surface area contributed by atoms with Gasteiger partial charge in [-0.1, -0.05) is 0 Å². The molecule has 0 aromatic carbocycles. The van der Waals surface area contributed by atoms with E-state index >= 15 is 0 Å². The average molecular weight is 220 g/mol. The van der Waals surface area contributed by atoms with Crippen molar-refractivity contribution < 1.29 is 32.3 Å². The summed E-state index contributed by atoms with van der Waals surface area (Å²) in [4.78, 5) is 9.99. The van der Waals surface area contributed by atoms with Gasteiger partial charge >= 0.3 is 5.97 Å². The summed E-state index contributed by atoms with van der Waals surface area (Å²) in [6.45, 7) is 0. The zero-order chi connectivity index (χ0) is 5.98. The Morgan fingerprint density at radius 2 is 2.44 bits per heavy atom. The number of carboxylic acids is 1. The van der Waals surface area contributed by atoms with Crippen LogP contribution in [0.2, 0.25) is 0 Å². The van der Waals surface area contributed by atoms with Gasteiger partial charge in [0.1, 0.15) is 5.69 Å². The molecule has 0 amide bonds. The van der Waals surface area contributed by atoms with Crippen LogP contribution in [0.4, 0.5) is 0 Å². The summed E-state index contributed by atoms with van der Waals surface area (Å²) in [7, 11) is 0. The number of rotatable bonds is 1. The molecular formula is C4H4AgN2O2. The monoisotopic (exact) mass is 219 g/mol. The van der Waals surface area contributed by atoms with Crippen LogP contribution in [0, 0.1) is 0 Å². The Morgan fingerprint density at radius 3 is 2.67 bits per heavy atom. The Morgan fingerprint density at radius 1 is 1.78 bits per heavy atom. The molecule has 1 aromatic rings. The molecule has 0 aliphatic heterocycles. The number of nitrogens with zero attached hydrogens (tertiary/aromatic N) is 1. The molecule has 0 aliphatic carbocycles. The first-order valence-electron chi connectivity index (χ1n) is 2.03. The zero-order valence-corrected chi connectivity index (χ0v) is 5.74. The Hall–Kier alpha value is -0.580. The van der Waals surface area contributed by atoms with Crippen LogP contribution in [-0.2, 0) is 22.4 Å². The molecule has 0 atom stereocenters. The van der Waals surface area contributed by atoms with E-state index < -0.39 is 5.97 Å². The quantitative estimate of drug-likeness (QED) is 0.659. The van der Waals surface area contributed by atoms with Gasteiger partial charge in [0.2, 0.25) is 0 Å². The van der Waals surface area contributed by atoms with Gasteiger partial charge < -0.3 is 5.11 Å². The molecule has 0 spiro atoms.